The Hall–Kier alpha value is -4.14. The normalized spacial score (nSPS) is 20.0. The topological polar surface area (TPSA) is 96.7 Å². The zero-order chi connectivity index (χ0) is 30.7. The molecule has 1 spiro atoms. The number of carbonyl (C=O) groups is 3. The van der Waals surface area contributed by atoms with Gasteiger partial charge in [-0.1, -0.05) is 12.1 Å². The number of aliphatic imine (C=N–C) groups is 1. The summed E-state index contributed by atoms with van der Waals surface area (Å²) in [5.74, 6) is -0.0947. The highest BCUT2D eigenvalue weighted by molar-refractivity contribution is 8.18. The molecule has 43 heavy (non-hydrogen) atoms. The number of rotatable bonds is 3. The third-order valence-corrected chi connectivity index (χ3v) is 8.60. The van der Waals surface area contributed by atoms with E-state index in [2.05, 4.69) is 15.4 Å². The van der Waals surface area contributed by atoms with Crippen LogP contribution in [0.2, 0.25) is 0 Å². The molecule has 3 amide bonds. The summed E-state index contributed by atoms with van der Waals surface area (Å²) in [6, 6.07) is 6.61. The van der Waals surface area contributed by atoms with Crippen molar-refractivity contribution in [2.45, 2.75) is 38.2 Å². The number of aromatic nitrogens is 2. The summed E-state index contributed by atoms with van der Waals surface area (Å²) in [6.45, 7) is 0.458. The lowest BCUT2D eigenvalue weighted by Crippen LogP contribution is -2.46. The second-order valence-corrected chi connectivity index (χ2v) is 11.6. The van der Waals surface area contributed by atoms with E-state index in [0.717, 1.165) is 17.8 Å². The van der Waals surface area contributed by atoms with Crippen molar-refractivity contribution < 1.29 is 40.7 Å². The maximum atomic E-state index is 13.6. The Morgan fingerprint density at radius 2 is 1.72 bits per heavy atom. The summed E-state index contributed by atoms with van der Waals surface area (Å²) < 4.78 is 81.1. The van der Waals surface area contributed by atoms with Gasteiger partial charge >= 0.3 is 17.6 Å². The lowest BCUT2D eigenvalue weighted by Gasteiger charge is -2.37. The molecule has 15 heteroatoms. The van der Waals surface area contributed by atoms with Crippen LogP contribution in [0.25, 0.3) is 17.0 Å². The van der Waals surface area contributed by atoms with Gasteiger partial charge in [-0.05, 0) is 66.1 Å². The van der Waals surface area contributed by atoms with Crippen molar-refractivity contribution in [3.05, 3.63) is 69.8 Å². The van der Waals surface area contributed by atoms with Crippen molar-refractivity contribution in [3.63, 3.8) is 0 Å². The number of imide groups is 1. The molecule has 224 valence electrons. The van der Waals surface area contributed by atoms with E-state index in [0.29, 0.717) is 59.2 Å². The minimum atomic E-state index is -4.99. The average molecular weight is 622 g/mol. The third kappa shape index (κ3) is 5.65. The van der Waals surface area contributed by atoms with E-state index in [1.54, 1.807) is 24.3 Å². The number of nitrogens with one attached hydrogen (secondary N) is 1. The Balaban J connectivity index is 1.22. The molecule has 0 bridgehead atoms. The van der Waals surface area contributed by atoms with Crippen LogP contribution in [0.4, 0.5) is 31.1 Å². The van der Waals surface area contributed by atoms with Crippen LogP contribution in [0, 0.1) is 5.41 Å². The Morgan fingerprint density at radius 1 is 0.977 bits per heavy atom. The molecule has 2 fully saturated rings. The molecule has 8 nitrogen and oxygen atoms in total. The van der Waals surface area contributed by atoms with Gasteiger partial charge in [0.2, 0.25) is 11.8 Å². The van der Waals surface area contributed by atoms with Crippen LogP contribution in [0.5, 0.6) is 0 Å². The predicted octanol–water partition coefficient (Wildman–Crippen LogP) is 5.86. The maximum Gasteiger partial charge on any atom is 0.416 e. The molecule has 0 unspecified atom stereocenters. The van der Waals surface area contributed by atoms with E-state index in [1.807, 2.05) is 4.90 Å². The number of thioether (sulfide) groups is 1. The van der Waals surface area contributed by atoms with Gasteiger partial charge in [0.15, 0.2) is 0 Å². The van der Waals surface area contributed by atoms with Crippen molar-refractivity contribution >= 4 is 51.6 Å². The lowest BCUT2D eigenvalue weighted by atomic mass is 9.77. The monoisotopic (exact) mass is 621 g/mol. The van der Waals surface area contributed by atoms with Crippen molar-refractivity contribution in [2.24, 2.45) is 10.4 Å². The average Bonchev–Trinajstić information content (AvgIpc) is 3.57. The Bertz CT molecular complexity index is 1730. The second kappa shape index (κ2) is 10.2. The summed E-state index contributed by atoms with van der Waals surface area (Å²) >= 11 is 0.942. The minimum absolute atomic E-state index is 0.104. The molecule has 3 aliphatic rings. The first-order chi connectivity index (χ1) is 20.2. The second-order valence-electron chi connectivity index (χ2n) is 10.6. The number of piperidine rings is 1. The van der Waals surface area contributed by atoms with Crippen molar-refractivity contribution in [1.82, 2.24) is 20.0 Å². The number of likely N-dealkylation sites (tertiary alicyclic amines) is 1. The molecule has 0 atom stereocenters. The van der Waals surface area contributed by atoms with Gasteiger partial charge in [-0.3, -0.25) is 24.4 Å². The fourth-order valence-electron chi connectivity index (χ4n) is 5.61. The number of amides is 3. The van der Waals surface area contributed by atoms with Gasteiger partial charge in [-0.2, -0.15) is 36.4 Å². The molecule has 2 aromatic carbocycles. The van der Waals surface area contributed by atoms with Crippen LogP contribution >= 0.6 is 11.8 Å². The Morgan fingerprint density at radius 3 is 2.37 bits per heavy atom. The van der Waals surface area contributed by atoms with Crippen LogP contribution in [-0.2, 0) is 28.5 Å². The van der Waals surface area contributed by atoms with Crippen molar-refractivity contribution in [1.29, 1.82) is 0 Å². The zero-order valence-electron chi connectivity index (χ0n) is 22.1. The van der Waals surface area contributed by atoms with Crippen LogP contribution in [0.1, 0.15) is 41.5 Å². The number of hydrogen-bond donors (Lipinski definition) is 1. The molecule has 0 radical (unpaired) electrons. The largest absolute Gasteiger partial charge is 0.416 e. The fourth-order valence-corrected chi connectivity index (χ4v) is 6.39. The van der Waals surface area contributed by atoms with Crippen LogP contribution in [0.15, 0.2) is 52.5 Å². The van der Waals surface area contributed by atoms with Crippen LogP contribution in [0.3, 0.4) is 0 Å². The number of amidine groups is 1. The highest BCUT2D eigenvalue weighted by Gasteiger charge is 2.49. The van der Waals surface area contributed by atoms with Gasteiger partial charge in [0.25, 0.3) is 0 Å². The number of carbonyl (C=O) groups excluding carboxylic acids is 3. The van der Waals surface area contributed by atoms with Crippen molar-refractivity contribution in [3.8, 4) is 0 Å². The van der Waals surface area contributed by atoms with E-state index < -0.39 is 40.7 Å². The molecule has 2 saturated heterocycles. The molecule has 1 N–H and O–H groups in total. The molecule has 4 heterocycles. The van der Waals surface area contributed by atoms with Gasteiger partial charge in [-0.15, -0.1) is 0 Å². The lowest BCUT2D eigenvalue weighted by molar-refractivity contribution is -0.143. The summed E-state index contributed by atoms with van der Waals surface area (Å²) in [6.07, 6.45) is -5.64. The number of nitrogens with zero attached hydrogens (tertiary/aromatic N) is 4. The fraction of sp³-hybridized carbons (Fsp3) is 0.321. The van der Waals surface area contributed by atoms with E-state index in [9.17, 15) is 40.7 Å². The maximum absolute atomic E-state index is 13.6. The van der Waals surface area contributed by atoms with Crippen LogP contribution in [-0.4, -0.2) is 50.7 Å². The third-order valence-electron chi connectivity index (χ3n) is 7.82. The highest BCUT2D eigenvalue weighted by atomic mass is 32.2. The van der Waals surface area contributed by atoms with Gasteiger partial charge < -0.3 is 4.90 Å². The minimum Gasteiger partial charge on any atom is -0.355 e. The number of benzene rings is 2. The first-order valence-corrected chi connectivity index (χ1v) is 13.9. The molecular formula is C28H21F6N5O3S. The summed E-state index contributed by atoms with van der Waals surface area (Å²) in [4.78, 5) is 42.9. The molecule has 1 aromatic heterocycles. The molecule has 3 aromatic rings. The van der Waals surface area contributed by atoms with Gasteiger partial charge in [0.05, 0.1) is 33.5 Å². The number of halogens is 6. The van der Waals surface area contributed by atoms with Gasteiger partial charge in [0, 0.05) is 31.1 Å². The molecule has 3 aliphatic heterocycles. The summed E-state index contributed by atoms with van der Waals surface area (Å²) in [7, 11) is 0. The quantitative estimate of drug-likeness (QED) is 0.291. The number of fused-ring (bicyclic) bond motifs is 1. The summed E-state index contributed by atoms with van der Waals surface area (Å²) in [5, 5.41) is 6.81. The zero-order valence-corrected chi connectivity index (χ0v) is 22.9. The number of hydrogen-bond acceptors (Lipinski definition) is 6. The Labute approximate surface area is 243 Å². The SMILES string of the molecule is O=C1CC2(CCN(C3=NC(=O)S/C3=C\c3ccc4nn(Cc5ccc(C(F)(F)F)cc5C(F)(F)F)cc4c3)CC2)C(=O)N1. The molecule has 6 rings (SSSR count). The van der Waals surface area contributed by atoms with E-state index in [4.69, 9.17) is 0 Å². The van der Waals surface area contributed by atoms with Gasteiger partial charge in [0.1, 0.15) is 5.84 Å². The summed E-state index contributed by atoms with van der Waals surface area (Å²) in [5.41, 5.74) is -2.75. The molecule has 0 aliphatic carbocycles. The molecular weight excluding hydrogens is 600 g/mol. The smallest absolute Gasteiger partial charge is 0.355 e. The van der Waals surface area contributed by atoms with Gasteiger partial charge in [-0.25, -0.2) is 0 Å². The van der Waals surface area contributed by atoms with Crippen LogP contribution < -0.4 is 5.32 Å². The highest BCUT2D eigenvalue weighted by Crippen LogP contribution is 2.41. The standard InChI is InChI=1S/C28H21F6N5O3S/c29-27(30,31)18-3-2-16(19(11-18)28(32,33)34)13-39-14-17-9-15(1-4-20(17)37-39)10-21-23(36-25(42)43-21)38-7-5-26(6-8-38)12-22(40)35-24(26)41/h1-4,9-11,14H,5-8,12-13H2,(H,35,40,41)/b21-10-. The van der Waals surface area contributed by atoms with E-state index >= 15 is 0 Å². The Kier molecular flexibility index (Phi) is 6.90. The first kappa shape index (κ1) is 29.0. The first-order valence-electron chi connectivity index (χ1n) is 13.1. The molecule has 0 saturated carbocycles. The number of alkyl halides is 6. The van der Waals surface area contributed by atoms with E-state index in [-0.39, 0.29) is 29.9 Å². The van der Waals surface area contributed by atoms with Crippen molar-refractivity contribution in [2.75, 3.05) is 13.1 Å². The van der Waals surface area contributed by atoms with E-state index in [1.165, 1.54) is 10.9 Å². The predicted molar refractivity (Wildman–Crippen MR) is 145 cm³/mol.